The van der Waals surface area contributed by atoms with Crippen molar-refractivity contribution in [2.75, 3.05) is 7.11 Å². The zero-order valence-electron chi connectivity index (χ0n) is 7.43. The Morgan fingerprint density at radius 1 is 1.79 bits per heavy atom. The lowest BCUT2D eigenvalue weighted by molar-refractivity contribution is -0.386. The molecule has 0 radical (unpaired) electrons. The third-order valence-electron chi connectivity index (χ3n) is 1.62. The van der Waals surface area contributed by atoms with Crippen molar-refractivity contribution in [3.63, 3.8) is 0 Å². The zero-order chi connectivity index (χ0) is 10.6. The first-order valence-electron chi connectivity index (χ1n) is 3.74. The van der Waals surface area contributed by atoms with E-state index in [9.17, 15) is 10.1 Å². The molecule has 1 heterocycles. The number of nitro groups is 1. The topological polar surface area (TPSA) is 89.0 Å². The van der Waals surface area contributed by atoms with E-state index in [0.717, 1.165) is 0 Å². The van der Waals surface area contributed by atoms with Crippen molar-refractivity contribution in [1.29, 1.82) is 5.26 Å². The summed E-state index contributed by atoms with van der Waals surface area (Å²) in [5.41, 5.74) is 0.0703. The Labute approximate surface area is 79.9 Å². The summed E-state index contributed by atoms with van der Waals surface area (Å²) >= 11 is 0. The van der Waals surface area contributed by atoms with E-state index in [1.54, 1.807) is 0 Å². The molecule has 0 aliphatic rings. The van der Waals surface area contributed by atoms with Crippen LogP contribution in [0.15, 0.2) is 12.3 Å². The Morgan fingerprint density at radius 2 is 2.50 bits per heavy atom. The number of pyridine rings is 1. The van der Waals surface area contributed by atoms with E-state index in [1.807, 2.05) is 6.07 Å². The number of ether oxygens (including phenoxy) is 1. The summed E-state index contributed by atoms with van der Waals surface area (Å²) < 4.78 is 4.73. The Bertz CT molecular complexity index is 397. The van der Waals surface area contributed by atoms with Gasteiger partial charge in [-0.3, -0.25) is 10.1 Å². The van der Waals surface area contributed by atoms with Crippen LogP contribution in [0.3, 0.4) is 0 Å². The van der Waals surface area contributed by atoms with Gasteiger partial charge in [-0.25, -0.2) is 4.98 Å². The summed E-state index contributed by atoms with van der Waals surface area (Å²) in [6, 6.07) is 3.28. The minimum absolute atomic E-state index is 0.0325. The second kappa shape index (κ2) is 4.18. The molecule has 0 unspecified atom stereocenters. The van der Waals surface area contributed by atoms with E-state index in [4.69, 9.17) is 10.00 Å². The quantitative estimate of drug-likeness (QED) is 0.529. The van der Waals surface area contributed by atoms with Gasteiger partial charge in [-0.2, -0.15) is 5.26 Å². The molecule has 72 valence electrons. The highest BCUT2D eigenvalue weighted by Crippen LogP contribution is 2.27. The van der Waals surface area contributed by atoms with Crippen molar-refractivity contribution in [3.8, 4) is 11.9 Å². The van der Waals surface area contributed by atoms with Gasteiger partial charge >= 0.3 is 5.69 Å². The molecule has 0 atom stereocenters. The molecule has 6 heteroatoms. The molecular formula is C8H7N3O3. The van der Waals surface area contributed by atoms with Crippen LogP contribution in [0.25, 0.3) is 0 Å². The fourth-order valence-corrected chi connectivity index (χ4v) is 1.04. The molecule has 14 heavy (non-hydrogen) atoms. The molecule has 1 aromatic rings. The summed E-state index contributed by atoms with van der Waals surface area (Å²) in [4.78, 5) is 13.7. The van der Waals surface area contributed by atoms with Gasteiger partial charge in [0.2, 0.25) is 0 Å². The Balaban J connectivity index is 3.29. The maximum Gasteiger partial charge on any atom is 0.335 e. The summed E-state index contributed by atoms with van der Waals surface area (Å²) in [7, 11) is 1.30. The van der Waals surface area contributed by atoms with Gasteiger partial charge in [0.15, 0.2) is 0 Å². The molecule has 0 saturated carbocycles. The van der Waals surface area contributed by atoms with Gasteiger partial charge in [0, 0.05) is 6.20 Å². The Kier molecular flexibility index (Phi) is 2.97. The van der Waals surface area contributed by atoms with Gasteiger partial charge in [0.1, 0.15) is 0 Å². The van der Waals surface area contributed by atoms with Crippen molar-refractivity contribution >= 4 is 5.69 Å². The highest BCUT2D eigenvalue weighted by atomic mass is 16.6. The van der Waals surface area contributed by atoms with Crippen LogP contribution < -0.4 is 4.74 Å². The predicted molar refractivity (Wildman–Crippen MR) is 46.8 cm³/mol. The summed E-state index contributed by atoms with van der Waals surface area (Å²) in [6.07, 6.45) is 1.34. The fourth-order valence-electron chi connectivity index (χ4n) is 1.04. The van der Waals surface area contributed by atoms with Crippen LogP contribution in [0, 0.1) is 21.4 Å². The average molecular weight is 193 g/mol. The van der Waals surface area contributed by atoms with E-state index in [-0.39, 0.29) is 18.0 Å². The molecule has 0 bridgehead atoms. The first-order chi connectivity index (χ1) is 6.70. The van der Waals surface area contributed by atoms with E-state index in [0.29, 0.717) is 5.56 Å². The van der Waals surface area contributed by atoms with Gasteiger partial charge < -0.3 is 4.74 Å². The van der Waals surface area contributed by atoms with Crippen molar-refractivity contribution in [3.05, 3.63) is 27.9 Å². The van der Waals surface area contributed by atoms with Gasteiger partial charge in [0.05, 0.1) is 30.1 Å². The molecule has 0 spiro atoms. The van der Waals surface area contributed by atoms with Crippen molar-refractivity contribution in [2.24, 2.45) is 0 Å². The largest absolute Gasteiger partial charge is 0.476 e. The SMILES string of the molecule is COc1nccc(CC#N)c1[N+](=O)[O-]. The van der Waals surface area contributed by atoms with Crippen molar-refractivity contribution in [1.82, 2.24) is 4.98 Å². The summed E-state index contributed by atoms with van der Waals surface area (Å²) in [5, 5.41) is 19.1. The summed E-state index contributed by atoms with van der Waals surface area (Å²) in [6.45, 7) is 0. The maximum atomic E-state index is 10.7. The number of methoxy groups -OCH3 is 1. The van der Waals surface area contributed by atoms with Crippen LogP contribution in [0.4, 0.5) is 5.69 Å². The number of aromatic nitrogens is 1. The molecule has 0 N–H and O–H groups in total. The average Bonchev–Trinajstić information content (AvgIpc) is 2.17. The lowest BCUT2D eigenvalue weighted by Gasteiger charge is -2.02. The van der Waals surface area contributed by atoms with Crippen LogP contribution in [0.2, 0.25) is 0 Å². The molecule has 1 rings (SSSR count). The van der Waals surface area contributed by atoms with E-state index in [2.05, 4.69) is 4.98 Å². The minimum Gasteiger partial charge on any atom is -0.476 e. The molecule has 0 aliphatic carbocycles. The van der Waals surface area contributed by atoms with Gasteiger partial charge in [-0.1, -0.05) is 0 Å². The number of nitrogens with zero attached hydrogens (tertiary/aromatic N) is 3. The number of nitriles is 1. The Morgan fingerprint density at radius 3 is 3.00 bits per heavy atom. The third kappa shape index (κ3) is 1.77. The number of rotatable bonds is 3. The molecule has 0 saturated heterocycles. The highest BCUT2D eigenvalue weighted by Gasteiger charge is 2.21. The van der Waals surface area contributed by atoms with E-state index in [1.165, 1.54) is 19.4 Å². The van der Waals surface area contributed by atoms with Gasteiger partial charge in [0.25, 0.3) is 5.88 Å². The molecule has 0 amide bonds. The highest BCUT2D eigenvalue weighted by molar-refractivity contribution is 5.49. The predicted octanol–water partition coefficient (Wildman–Crippen LogP) is 1.06. The normalized spacial score (nSPS) is 9.14. The lowest BCUT2D eigenvalue weighted by Crippen LogP contribution is -2.00. The fraction of sp³-hybridized carbons (Fsp3) is 0.250. The first kappa shape index (κ1) is 9.92. The van der Waals surface area contributed by atoms with Crippen molar-refractivity contribution in [2.45, 2.75) is 6.42 Å². The second-order valence-electron chi connectivity index (χ2n) is 2.42. The molecule has 1 aromatic heterocycles. The van der Waals surface area contributed by atoms with Gasteiger partial charge in [-0.05, 0) is 6.07 Å². The van der Waals surface area contributed by atoms with Crippen molar-refractivity contribution < 1.29 is 9.66 Å². The van der Waals surface area contributed by atoms with Crippen LogP contribution in [-0.4, -0.2) is 17.0 Å². The standard InChI is InChI=1S/C8H7N3O3/c1-14-8-7(11(12)13)6(2-4-9)3-5-10-8/h3,5H,2H2,1H3. The lowest BCUT2D eigenvalue weighted by atomic mass is 10.2. The van der Waals surface area contributed by atoms with E-state index < -0.39 is 4.92 Å². The third-order valence-corrected chi connectivity index (χ3v) is 1.62. The zero-order valence-corrected chi connectivity index (χ0v) is 7.43. The first-order valence-corrected chi connectivity index (χ1v) is 3.74. The monoisotopic (exact) mass is 193 g/mol. The molecule has 0 fully saturated rings. The van der Waals surface area contributed by atoms with Crippen LogP contribution in [0.5, 0.6) is 5.88 Å². The van der Waals surface area contributed by atoms with E-state index >= 15 is 0 Å². The molecule has 0 aromatic carbocycles. The number of hydrogen-bond donors (Lipinski definition) is 0. The maximum absolute atomic E-state index is 10.7. The molecular weight excluding hydrogens is 186 g/mol. The van der Waals surface area contributed by atoms with Crippen LogP contribution >= 0.6 is 0 Å². The molecule has 0 aliphatic heterocycles. The van der Waals surface area contributed by atoms with Gasteiger partial charge in [-0.15, -0.1) is 0 Å². The second-order valence-corrected chi connectivity index (χ2v) is 2.42. The summed E-state index contributed by atoms with van der Waals surface area (Å²) in [5.74, 6) is -0.0669. The van der Waals surface area contributed by atoms with Crippen LogP contribution in [0.1, 0.15) is 5.56 Å². The Hall–Kier alpha value is -2.16. The van der Waals surface area contributed by atoms with Crippen LogP contribution in [-0.2, 0) is 6.42 Å². The molecule has 6 nitrogen and oxygen atoms in total. The number of hydrogen-bond acceptors (Lipinski definition) is 5. The smallest absolute Gasteiger partial charge is 0.335 e. The minimum atomic E-state index is -0.599.